The van der Waals surface area contributed by atoms with Gasteiger partial charge in [0.25, 0.3) is 0 Å². The second-order valence-electron chi connectivity index (χ2n) is 9.73. The normalized spacial score (nSPS) is 32.1. The topological polar surface area (TPSA) is 47.8 Å². The van der Waals surface area contributed by atoms with E-state index in [9.17, 15) is 13.6 Å². The van der Waals surface area contributed by atoms with E-state index in [0.717, 1.165) is 56.1 Å². The van der Waals surface area contributed by atoms with Crippen molar-refractivity contribution in [2.75, 3.05) is 0 Å². The molecular formula is C24H23F2N3O. The molecule has 4 saturated carbocycles. The number of fused-ring (bicyclic) bond motifs is 1. The summed E-state index contributed by atoms with van der Waals surface area (Å²) in [6.45, 7) is 0.733. The summed E-state index contributed by atoms with van der Waals surface area (Å²) < 4.78 is 29.5. The zero-order chi connectivity index (χ0) is 20.5. The molecule has 2 heterocycles. The number of pyridine rings is 1. The molecule has 0 aliphatic heterocycles. The van der Waals surface area contributed by atoms with Crippen LogP contribution in [0, 0.1) is 28.4 Å². The van der Waals surface area contributed by atoms with Crippen LogP contribution in [-0.2, 0) is 11.3 Å². The van der Waals surface area contributed by atoms with Crippen molar-refractivity contribution in [2.24, 2.45) is 16.7 Å². The average Bonchev–Trinajstić information content (AvgIpc) is 3.31. The van der Waals surface area contributed by atoms with Crippen LogP contribution in [-0.4, -0.2) is 20.5 Å². The van der Waals surface area contributed by atoms with E-state index in [1.165, 1.54) is 18.3 Å². The number of ketones is 1. The fraction of sp³-hybridized carbons (Fsp3) is 0.458. The lowest BCUT2D eigenvalue weighted by atomic mass is 9.33. The maximum Gasteiger partial charge on any atom is 0.142 e. The van der Waals surface area contributed by atoms with Gasteiger partial charge >= 0.3 is 0 Å². The molecule has 4 aliphatic rings. The Hall–Kier alpha value is -2.63. The van der Waals surface area contributed by atoms with Crippen LogP contribution in [0.15, 0.2) is 42.9 Å². The zero-order valence-electron chi connectivity index (χ0n) is 16.7. The third-order valence-electron chi connectivity index (χ3n) is 7.79. The highest BCUT2D eigenvalue weighted by atomic mass is 19.1. The number of rotatable bonds is 5. The number of nitrogens with zero attached hydrogens (tertiary/aromatic N) is 3. The van der Waals surface area contributed by atoms with Crippen LogP contribution in [0.3, 0.4) is 0 Å². The van der Waals surface area contributed by atoms with Gasteiger partial charge in [-0.1, -0.05) is 12.5 Å². The van der Waals surface area contributed by atoms with Gasteiger partial charge in [-0.15, -0.1) is 0 Å². The maximum atomic E-state index is 14.0. The molecule has 2 unspecified atom stereocenters. The quantitative estimate of drug-likeness (QED) is 0.596. The highest BCUT2D eigenvalue weighted by molar-refractivity contribution is 5.91. The van der Waals surface area contributed by atoms with Crippen LogP contribution in [0.2, 0.25) is 0 Å². The van der Waals surface area contributed by atoms with Gasteiger partial charge in [-0.05, 0) is 67.2 Å². The minimum absolute atomic E-state index is 0.0217. The van der Waals surface area contributed by atoms with E-state index in [1.54, 1.807) is 18.5 Å². The molecule has 0 radical (unpaired) electrons. The Morgan fingerprint density at radius 2 is 1.97 bits per heavy atom. The van der Waals surface area contributed by atoms with E-state index in [1.807, 2.05) is 10.7 Å². The molecule has 4 aliphatic carbocycles. The Morgan fingerprint density at radius 3 is 2.77 bits per heavy atom. The van der Waals surface area contributed by atoms with Crippen molar-refractivity contribution in [1.82, 2.24) is 14.8 Å². The molecule has 4 fully saturated rings. The van der Waals surface area contributed by atoms with E-state index in [2.05, 4.69) is 10.1 Å². The largest absolute Gasteiger partial charge is 0.299 e. The molecule has 0 saturated heterocycles. The van der Waals surface area contributed by atoms with Gasteiger partial charge in [0.2, 0.25) is 0 Å². The van der Waals surface area contributed by atoms with Crippen LogP contribution >= 0.6 is 0 Å². The highest BCUT2D eigenvalue weighted by Crippen LogP contribution is 2.75. The molecule has 0 amide bonds. The highest BCUT2D eigenvalue weighted by Gasteiger charge is 2.71. The van der Waals surface area contributed by atoms with Gasteiger partial charge in [0.1, 0.15) is 17.4 Å². The summed E-state index contributed by atoms with van der Waals surface area (Å²) >= 11 is 0. The number of carbonyl (C=O) groups excluding carboxylic acids is 1. The summed E-state index contributed by atoms with van der Waals surface area (Å²) in [7, 11) is 0. The molecule has 2 atom stereocenters. The predicted molar refractivity (Wildman–Crippen MR) is 108 cm³/mol. The lowest BCUT2D eigenvalue weighted by Crippen LogP contribution is -2.67. The van der Waals surface area contributed by atoms with Crippen LogP contribution in [0.25, 0.3) is 10.9 Å². The zero-order valence-corrected chi connectivity index (χ0v) is 16.7. The van der Waals surface area contributed by atoms with Crippen LogP contribution in [0.4, 0.5) is 8.78 Å². The van der Waals surface area contributed by atoms with Gasteiger partial charge in [-0.2, -0.15) is 5.10 Å². The molecule has 6 heteroatoms. The van der Waals surface area contributed by atoms with E-state index < -0.39 is 0 Å². The molecule has 4 nitrogen and oxygen atoms in total. The number of hydrogen-bond donors (Lipinski definition) is 0. The first kappa shape index (κ1) is 18.2. The summed E-state index contributed by atoms with van der Waals surface area (Å²) in [5.74, 6) is -0.150. The maximum absolute atomic E-state index is 14.0. The molecule has 1 aromatic carbocycles. The third kappa shape index (κ3) is 2.52. The second kappa shape index (κ2) is 6.19. The van der Waals surface area contributed by atoms with Crippen molar-refractivity contribution in [3.8, 4) is 0 Å². The SMILES string of the molecule is O=C(C1CCCC1c1cncc(F)c1)C12CC(Cn3ncc4c(F)cccc43)(C1)C2. The Kier molecular flexibility index (Phi) is 3.75. The van der Waals surface area contributed by atoms with Crippen molar-refractivity contribution >= 4 is 16.7 Å². The number of carbonyl (C=O) groups is 1. The van der Waals surface area contributed by atoms with Gasteiger partial charge in [0.05, 0.1) is 23.3 Å². The molecule has 0 spiro atoms. The van der Waals surface area contributed by atoms with Crippen molar-refractivity contribution in [3.05, 3.63) is 60.1 Å². The van der Waals surface area contributed by atoms with Crippen molar-refractivity contribution in [1.29, 1.82) is 0 Å². The molecule has 0 N–H and O–H groups in total. The number of hydrogen-bond acceptors (Lipinski definition) is 3. The lowest BCUT2D eigenvalue weighted by Gasteiger charge is -2.70. The molecule has 2 bridgehead atoms. The van der Waals surface area contributed by atoms with Gasteiger partial charge in [-0.25, -0.2) is 8.78 Å². The van der Waals surface area contributed by atoms with E-state index in [4.69, 9.17) is 0 Å². The van der Waals surface area contributed by atoms with Crippen molar-refractivity contribution in [3.63, 3.8) is 0 Å². The number of Topliss-reactive ketones (excluding diaryl/α,β-unsaturated/α-hetero) is 1. The fourth-order valence-electron chi connectivity index (χ4n) is 6.64. The molecule has 154 valence electrons. The summed E-state index contributed by atoms with van der Waals surface area (Å²) in [5.41, 5.74) is 1.57. The first-order chi connectivity index (χ1) is 14.5. The summed E-state index contributed by atoms with van der Waals surface area (Å²) in [4.78, 5) is 17.5. The molecule has 7 rings (SSSR count). The first-order valence-electron chi connectivity index (χ1n) is 10.7. The standard InChI is InChI=1S/C24H23F2N3O/c25-16-7-15(8-27-9-16)17-3-1-4-18(17)22(30)24-11-23(12-24,13-24)14-29-21-6-2-5-20(26)19(21)10-28-29/h2,5-10,17-18H,1,3-4,11-14H2. The van der Waals surface area contributed by atoms with Gasteiger partial charge < -0.3 is 0 Å². The fourth-order valence-corrected chi connectivity index (χ4v) is 6.64. The summed E-state index contributed by atoms with van der Waals surface area (Å²) in [6.07, 6.45) is 10.00. The smallest absolute Gasteiger partial charge is 0.142 e. The Balaban J connectivity index is 1.18. The average molecular weight is 407 g/mol. The number of benzene rings is 1. The minimum Gasteiger partial charge on any atom is -0.299 e. The van der Waals surface area contributed by atoms with Gasteiger partial charge in [-0.3, -0.25) is 14.5 Å². The first-order valence-corrected chi connectivity index (χ1v) is 10.7. The monoisotopic (exact) mass is 407 g/mol. The molecular weight excluding hydrogens is 384 g/mol. The molecule has 30 heavy (non-hydrogen) atoms. The Bertz CT molecular complexity index is 1150. The predicted octanol–water partition coefficient (Wildman–Crippen LogP) is 5.03. The Labute approximate surface area is 173 Å². The summed E-state index contributed by atoms with van der Waals surface area (Å²) in [5, 5.41) is 4.95. The van der Waals surface area contributed by atoms with Crippen molar-refractivity contribution in [2.45, 2.75) is 51.0 Å². The van der Waals surface area contributed by atoms with E-state index >= 15 is 0 Å². The molecule has 3 aromatic rings. The van der Waals surface area contributed by atoms with E-state index in [-0.39, 0.29) is 34.3 Å². The van der Waals surface area contributed by atoms with Crippen molar-refractivity contribution < 1.29 is 13.6 Å². The lowest BCUT2D eigenvalue weighted by molar-refractivity contribution is -0.214. The van der Waals surface area contributed by atoms with Crippen LogP contribution in [0.5, 0.6) is 0 Å². The second-order valence-corrected chi connectivity index (χ2v) is 9.73. The minimum atomic E-state index is -0.335. The number of halogens is 2. The van der Waals surface area contributed by atoms with Crippen LogP contribution < -0.4 is 0 Å². The van der Waals surface area contributed by atoms with Gasteiger partial charge in [0.15, 0.2) is 0 Å². The van der Waals surface area contributed by atoms with Gasteiger partial charge in [0, 0.05) is 24.1 Å². The molecule has 2 aromatic heterocycles. The number of aromatic nitrogens is 3. The Morgan fingerprint density at radius 1 is 1.13 bits per heavy atom. The van der Waals surface area contributed by atoms with E-state index in [0.29, 0.717) is 11.2 Å². The summed E-state index contributed by atoms with van der Waals surface area (Å²) in [6, 6.07) is 6.60. The van der Waals surface area contributed by atoms with Crippen LogP contribution in [0.1, 0.15) is 50.0 Å². The third-order valence-corrected chi connectivity index (χ3v) is 7.79.